The molecule has 0 fully saturated rings. The maximum Gasteiger partial charge on any atom is 0.338 e. The highest BCUT2D eigenvalue weighted by atomic mass is 32.2. The highest BCUT2D eigenvalue weighted by Gasteiger charge is 2.20. The minimum atomic E-state index is -1.02. The zero-order chi connectivity index (χ0) is 20.7. The first-order valence-corrected chi connectivity index (χ1v) is 10.2. The molecule has 2 atom stereocenters. The van der Waals surface area contributed by atoms with E-state index in [1.165, 1.54) is 21.1 Å². The van der Waals surface area contributed by atoms with Crippen LogP contribution >= 0.6 is 0 Å². The molecular weight excluding hydrogens is 382 g/mol. The summed E-state index contributed by atoms with van der Waals surface area (Å²) in [5.74, 6) is 0.257. The third-order valence-corrected chi connectivity index (χ3v) is 4.54. The Balaban J connectivity index is 2.04. The number of esters is 1. The number of benzene rings is 2. The summed E-state index contributed by atoms with van der Waals surface area (Å²) in [5.41, 5.74) is 1.51. The van der Waals surface area contributed by atoms with Gasteiger partial charge in [0.05, 0.1) is 19.8 Å². The Morgan fingerprint density at radius 2 is 1.71 bits per heavy atom. The fourth-order valence-corrected chi connectivity index (χ4v) is 3.08. The maximum absolute atomic E-state index is 12.4. The molecule has 8 heteroatoms. The van der Waals surface area contributed by atoms with Gasteiger partial charge in [-0.2, -0.15) is 0 Å². The van der Waals surface area contributed by atoms with E-state index < -0.39 is 28.8 Å². The van der Waals surface area contributed by atoms with Crippen molar-refractivity contribution in [2.24, 2.45) is 0 Å². The number of hydrogen-bond donors (Lipinski definition) is 1. The first kappa shape index (κ1) is 21.4. The molecule has 2 rings (SSSR count). The molecule has 0 saturated carbocycles. The lowest BCUT2D eigenvalue weighted by molar-refractivity contribution is -0.123. The van der Waals surface area contributed by atoms with Crippen LogP contribution in [0.4, 0.5) is 5.69 Å². The van der Waals surface area contributed by atoms with Crippen molar-refractivity contribution < 1.29 is 28.0 Å². The molecule has 7 nitrogen and oxygen atoms in total. The van der Waals surface area contributed by atoms with Crippen LogP contribution in [0.2, 0.25) is 0 Å². The minimum Gasteiger partial charge on any atom is -0.497 e. The van der Waals surface area contributed by atoms with Gasteiger partial charge in [-0.05, 0) is 24.6 Å². The fraction of sp³-hybridized carbons (Fsp3) is 0.300. The van der Waals surface area contributed by atoms with E-state index in [0.29, 0.717) is 28.5 Å². The molecule has 2 aromatic carbocycles. The zero-order valence-electron chi connectivity index (χ0n) is 16.2. The van der Waals surface area contributed by atoms with Crippen LogP contribution in [0.5, 0.6) is 11.5 Å². The van der Waals surface area contributed by atoms with Crippen molar-refractivity contribution in [1.29, 1.82) is 0 Å². The predicted octanol–water partition coefficient (Wildman–Crippen LogP) is 2.77. The minimum absolute atomic E-state index is 0.297. The van der Waals surface area contributed by atoms with Crippen LogP contribution in [0.25, 0.3) is 0 Å². The van der Waals surface area contributed by atoms with Crippen molar-refractivity contribution >= 4 is 28.4 Å². The highest BCUT2D eigenvalue weighted by Crippen LogP contribution is 2.26. The van der Waals surface area contributed by atoms with Crippen molar-refractivity contribution in [1.82, 2.24) is 0 Å². The molecule has 1 amide bonds. The van der Waals surface area contributed by atoms with Crippen molar-refractivity contribution in [3.8, 4) is 11.5 Å². The molecule has 0 aliphatic rings. The maximum atomic E-state index is 12.4. The van der Waals surface area contributed by atoms with Crippen molar-refractivity contribution in [3.63, 3.8) is 0 Å². The molecule has 2 aromatic rings. The van der Waals surface area contributed by atoms with Crippen LogP contribution in [0, 0.1) is 0 Å². The summed E-state index contributed by atoms with van der Waals surface area (Å²) in [7, 11) is 1.99. The largest absolute Gasteiger partial charge is 0.497 e. The second-order valence-corrected chi connectivity index (χ2v) is 7.49. The van der Waals surface area contributed by atoms with Gasteiger partial charge in [-0.25, -0.2) is 4.79 Å². The van der Waals surface area contributed by atoms with Crippen LogP contribution in [0.15, 0.2) is 42.5 Å². The summed E-state index contributed by atoms with van der Waals surface area (Å²) >= 11 is 0. The number of hydrogen-bond acceptors (Lipinski definition) is 6. The number of methoxy groups -OCH3 is 2. The topological polar surface area (TPSA) is 90.9 Å². The van der Waals surface area contributed by atoms with Gasteiger partial charge < -0.3 is 19.5 Å². The molecule has 0 aliphatic carbocycles. The molecule has 0 saturated heterocycles. The molecule has 0 spiro atoms. The number of ether oxygens (including phenoxy) is 3. The van der Waals surface area contributed by atoms with E-state index in [-0.39, 0.29) is 0 Å². The Morgan fingerprint density at radius 1 is 1.07 bits per heavy atom. The van der Waals surface area contributed by atoms with Gasteiger partial charge in [0.25, 0.3) is 5.91 Å². The Kier molecular flexibility index (Phi) is 7.57. The van der Waals surface area contributed by atoms with E-state index in [4.69, 9.17) is 14.2 Å². The van der Waals surface area contributed by atoms with Crippen LogP contribution in [0.3, 0.4) is 0 Å². The summed E-state index contributed by atoms with van der Waals surface area (Å²) in [6.45, 7) is 1.48. The monoisotopic (exact) mass is 405 g/mol. The molecule has 0 unspecified atom stereocenters. The van der Waals surface area contributed by atoms with Crippen LogP contribution in [-0.4, -0.2) is 42.7 Å². The third-order valence-electron chi connectivity index (χ3n) is 3.80. The number of nitrogens with one attached hydrogen (secondary N) is 1. The van der Waals surface area contributed by atoms with E-state index in [1.807, 2.05) is 0 Å². The van der Waals surface area contributed by atoms with E-state index in [0.717, 1.165) is 5.56 Å². The molecule has 1 N–H and O–H groups in total. The fourth-order valence-electron chi connectivity index (χ4n) is 2.43. The average Bonchev–Trinajstić information content (AvgIpc) is 2.67. The van der Waals surface area contributed by atoms with Crippen LogP contribution in [-0.2, 0) is 26.1 Å². The summed E-state index contributed by atoms with van der Waals surface area (Å²) < 4.78 is 26.9. The predicted molar refractivity (Wildman–Crippen MR) is 107 cm³/mol. The van der Waals surface area contributed by atoms with E-state index in [2.05, 4.69) is 5.32 Å². The van der Waals surface area contributed by atoms with Gasteiger partial charge in [-0.3, -0.25) is 9.00 Å². The second kappa shape index (κ2) is 9.89. The smallest absolute Gasteiger partial charge is 0.338 e. The zero-order valence-corrected chi connectivity index (χ0v) is 17.0. The Morgan fingerprint density at radius 3 is 2.29 bits per heavy atom. The SMILES string of the molecule is COc1cc(NC(=O)[C@H](C)OC(=O)c2cccc(C[S@](C)=O)c2)cc(OC)c1. The van der Waals surface area contributed by atoms with Crippen LogP contribution in [0.1, 0.15) is 22.8 Å². The summed E-state index contributed by atoms with van der Waals surface area (Å²) in [6.07, 6.45) is 0.569. The summed E-state index contributed by atoms with van der Waals surface area (Å²) in [6, 6.07) is 11.6. The molecule has 28 heavy (non-hydrogen) atoms. The van der Waals surface area contributed by atoms with Gasteiger partial charge in [0.2, 0.25) is 0 Å². The number of carbonyl (C=O) groups is 2. The highest BCUT2D eigenvalue weighted by molar-refractivity contribution is 7.83. The molecule has 0 aromatic heterocycles. The number of carbonyl (C=O) groups excluding carboxylic acids is 2. The van der Waals surface area contributed by atoms with Crippen LogP contribution < -0.4 is 14.8 Å². The van der Waals surface area contributed by atoms with E-state index in [9.17, 15) is 13.8 Å². The normalized spacial score (nSPS) is 12.6. The first-order chi connectivity index (χ1) is 13.3. The number of anilines is 1. The van der Waals surface area contributed by atoms with E-state index >= 15 is 0 Å². The van der Waals surface area contributed by atoms with E-state index in [1.54, 1.807) is 48.7 Å². The number of rotatable bonds is 8. The van der Waals surface area contributed by atoms with Gasteiger partial charge in [0, 0.05) is 46.7 Å². The quantitative estimate of drug-likeness (QED) is 0.679. The lowest BCUT2D eigenvalue weighted by atomic mass is 10.1. The molecular formula is C20H23NO6S. The van der Waals surface area contributed by atoms with Gasteiger partial charge in [-0.15, -0.1) is 0 Å². The lowest BCUT2D eigenvalue weighted by Crippen LogP contribution is -2.30. The van der Waals surface area contributed by atoms with Gasteiger partial charge >= 0.3 is 5.97 Å². The Labute approximate surface area is 166 Å². The molecule has 150 valence electrons. The Bertz CT molecular complexity index is 860. The lowest BCUT2D eigenvalue weighted by Gasteiger charge is -2.15. The standard InChI is InChI=1S/C20H23NO6S/c1-13(19(22)21-16-9-17(25-2)11-18(10-16)26-3)27-20(23)15-7-5-6-14(8-15)12-28(4)24/h5-11,13H,12H2,1-4H3,(H,21,22)/t13-,28-/m0/s1. The second-order valence-electron chi connectivity index (χ2n) is 6.06. The molecule has 0 heterocycles. The molecule has 0 bridgehead atoms. The van der Waals surface area contributed by atoms with Gasteiger partial charge in [0.1, 0.15) is 11.5 Å². The molecule has 0 aliphatic heterocycles. The van der Waals surface area contributed by atoms with Gasteiger partial charge in [-0.1, -0.05) is 12.1 Å². The number of amides is 1. The third kappa shape index (κ3) is 6.09. The van der Waals surface area contributed by atoms with Crippen molar-refractivity contribution in [2.45, 2.75) is 18.8 Å². The van der Waals surface area contributed by atoms with Gasteiger partial charge in [0.15, 0.2) is 6.10 Å². The average molecular weight is 405 g/mol. The summed E-state index contributed by atoms with van der Waals surface area (Å²) in [4.78, 5) is 24.7. The first-order valence-electron chi connectivity index (χ1n) is 8.46. The molecule has 0 radical (unpaired) electrons. The van der Waals surface area contributed by atoms with Crippen molar-refractivity contribution in [2.75, 3.05) is 25.8 Å². The Hall–Kier alpha value is -2.87. The van der Waals surface area contributed by atoms with Crippen molar-refractivity contribution in [3.05, 3.63) is 53.6 Å². The summed E-state index contributed by atoms with van der Waals surface area (Å²) in [5, 5.41) is 2.67.